The van der Waals surface area contributed by atoms with Gasteiger partial charge in [0.2, 0.25) is 5.89 Å². The standard InChI is InChI=1S/C28H22ClN7O2S/c29-23-12-5-4-11-22(23)26-33-34-28(36(26)21-9-2-1-3-10-21)39-19-25-32-24(18-38-25)27(37)35(15-7-13-30)17-20-8-6-14-31-16-20/h1-6,8-12,14,16,18H,7,15,17,19H2. The minimum absolute atomic E-state index is 0.175. The molecular weight excluding hydrogens is 534 g/mol. The van der Waals surface area contributed by atoms with Crippen LogP contribution in [0.25, 0.3) is 17.1 Å². The molecule has 0 aliphatic rings. The average Bonchev–Trinajstić information content (AvgIpc) is 3.62. The molecule has 5 aromatic rings. The zero-order valence-electron chi connectivity index (χ0n) is 20.6. The third-order valence-corrected chi connectivity index (χ3v) is 6.98. The van der Waals surface area contributed by atoms with Gasteiger partial charge in [0, 0.05) is 36.7 Å². The number of nitriles is 1. The third kappa shape index (κ3) is 6.17. The molecule has 0 aliphatic heterocycles. The van der Waals surface area contributed by atoms with Crippen LogP contribution >= 0.6 is 23.4 Å². The Hall–Kier alpha value is -4.46. The molecule has 1 amide bonds. The maximum Gasteiger partial charge on any atom is 0.276 e. The highest BCUT2D eigenvalue weighted by molar-refractivity contribution is 7.98. The molecule has 39 heavy (non-hydrogen) atoms. The molecule has 0 atom stereocenters. The second-order valence-electron chi connectivity index (χ2n) is 8.37. The van der Waals surface area contributed by atoms with E-state index in [1.807, 2.05) is 65.2 Å². The smallest absolute Gasteiger partial charge is 0.276 e. The van der Waals surface area contributed by atoms with Crippen molar-refractivity contribution in [2.24, 2.45) is 0 Å². The first-order chi connectivity index (χ1) is 19.1. The van der Waals surface area contributed by atoms with Crippen molar-refractivity contribution in [2.75, 3.05) is 6.54 Å². The third-order valence-electron chi connectivity index (χ3n) is 5.74. The zero-order valence-corrected chi connectivity index (χ0v) is 22.2. The van der Waals surface area contributed by atoms with Crippen LogP contribution in [0.2, 0.25) is 5.02 Å². The maximum absolute atomic E-state index is 13.2. The Labute approximate surface area is 234 Å². The molecule has 0 fully saturated rings. The van der Waals surface area contributed by atoms with Crippen LogP contribution in [-0.4, -0.2) is 42.1 Å². The summed E-state index contributed by atoms with van der Waals surface area (Å²) in [6.45, 7) is 0.586. The molecule has 0 aliphatic carbocycles. The molecule has 3 aromatic heterocycles. The van der Waals surface area contributed by atoms with Crippen molar-refractivity contribution in [3.63, 3.8) is 0 Å². The fraction of sp³-hybridized carbons (Fsp3) is 0.143. The number of rotatable bonds is 10. The number of halogens is 1. The van der Waals surface area contributed by atoms with Gasteiger partial charge in [0.05, 0.1) is 23.3 Å². The Morgan fingerprint density at radius 1 is 1.08 bits per heavy atom. The molecule has 0 spiro atoms. The predicted molar refractivity (Wildman–Crippen MR) is 147 cm³/mol. The zero-order chi connectivity index (χ0) is 27.0. The minimum atomic E-state index is -0.317. The highest BCUT2D eigenvalue weighted by atomic mass is 35.5. The van der Waals surface area contributed by atoms with Crippen molar-refractivity contribution in [3.05, 3.63) is 108 Å². The summed E-state index contributed by atoms with van der Waals surface area (Å²) in [4.78, 5) is 23.3. The Balaban J connectivity index is 1.35. The number of thioether (sulfide) groups is 1. The van der Waals surface area contributed by atoms with Gasteiger partial charge in [0.1, 0.15) is 6.26 Å². The normalized spacial score (nSPS) is 10.8. The Morgan fingerprint density at radius 2 is 1.90 bits per heavy atom. The number of para-hydroxylation sites is 1. The van der Waals surface area contributed by atoms with E-state index in [1.54, 1.807) is 23.4 Å². The number of aromatic nitrogens is 5. The van der Waals surface area contributed by atoms with E-state index < -0.39 is 0 Å². The first-order valence-corrected chi connectivity index (χ1v) is 13.4. The van der Waals surface area contributed by atoms with E-state index in [9.17, 15) is 4.79 Å². The van der Waals surface area contributed by atoms with E-state index in [4.69, 9.17) is 21.3 Å². The van der Waals surface area contributed by atoms with Gasteiger partial charge in [-0.2, -0.15) is 5.26 Å². The van der Waals surface area contributed by atoms with Gasteiger partial charge in [0.15, 0.2) is 16.7 Å². The van der Waals surface area contributed by atoms with Crippen molar-refractivity contribution in [1.29, 1.82) is 5.26 Å². The lowest BCUT2D eigenvalue weighted by atomic mass is 10.2. The quantitative estimate of drug-likeness (QED) is 0.198. The van der Waals surface area contributed by atoms with Crippen LogP contribution in [0.5, 0.6) is 0 Å². The lowest BCUT2D eigenvalue weighted by molar-refractivity contribution is 0.0740. The molecule has 0 saturated heterocycles. The fourth-order valence-electron chi connectivity index (χ4n) is 3.90. The topological polar surface area (TPSA) is 114 Å². The number of hydrogen-bond donors (Lipinski definition) is 0. The summed E-state index contributed by atoms with van der Waals surface area (Å²) in [7, 11) is 0. The maximum atomic E-state index is 13.2. The van der Waals surface area contributed by atoms with E-state index >= 15 is 0 Å². The van der Waals surface area contributed by atoms with Crippen LogP contribution < -0.4 is 0 Å². The average molecular weight is 556 g/mol. The van der Waals surface area contributed by atoms with Crippen molar-refractivity contribution in [1.82, 2.24) is 29.6 Å². The summed E-state index contributed by atoms with van der Waals surface area (Å²) in [5, 5.41) is 19.1. The van der Waals surface area contributed by atoms with E-state index in [0.717, 1.165) is 16.8 Å². The van der Waals surface area contributed by atoms with Crippen LogP contribution in [0, 0.1) is 11.3 Å². The molecule has 3 heterocycles. The highest BCUT2D eigenvalue weighted by Gasteiger charge is 2.22. The molecule has 2 aromatic carbocycles. The van der Waals surface area contributed by atoms with Gasteiger partial charge in [-0.25, -0.2) is 4.98 Å². The van der Waals surface area contributed by atoms with Gasteiger partial charge in [-0.1, -0.05) is 59.8 Å². The molecular formula is C28H22ClN7O2S. The summed E-state index contributed by atoms with van der Waals surface area (Å²) < 4.78 is 7.56. The number of oxazole rings is 1. The van der Waals surface area contributed by atoms with Gasteiger partial charge >= 0.3 is 0 Å². The van der Waals surface area contributed by atoms with E-state index in [-0.39, 0.29) is 24.6 Å². The van der Waals surface area contributed by atoms with Gasteiger partial charge < -0.3 is 9.32 Å². The first kappa shape index (κ1) is 26.2. The predicted octanol–water partition coefficient (Wildman–Crippen LogP) is 5.82. The highest BCUT2D eigenvalue weighted by Crippen LogP contribution is 2.32. The first-order valence-electron chi connectivity index (χ1n) is 12.0. The molecule has 194 valence electrons. The summed E-state index contributed by atoms with van der Waals surface area (Å²) >= 11 is 7.85. The summed E-state index contributed by atoms with van der Waals surface area (Å²) in [5.41, 5.74) is 2.68. The van der Waals surface area contributed by atoms with Crippen molar-refractivity contribution < 1.29 is 9.21 Å². The van der Waals surface area contributed by atoms with Crippen molar-refractivity contribution in [3.8, 4) is 23.1 Å². The second kappa shape index (κ2) is 12.4. The number of benzene rings is 2. The molecule has 0 bridgehead atoms. The number of amides is 1. The Morgan fingerprint density at radius 3 is 2.67 bits per heavy atom. The van der Waals surface area contributed by atoms with Crippen LogP contribution in [0.15, 0.2) is 95.0 Å². The van der Waals surface area contributed by atoms with Crippen LogP contribution in [0.4, 0.5) is 0 Å². The van der Waals surface area contributed by atoms with E-state index in [0.29, 0.717) is 34.2 Å². The number of pyridine rings is 1. The number of nitrogens with zero attached hydrogens (tertiary/aromatic N) is 7. The monoisotopic (exact) mass is 555 g/mol. The molecule has 5 rings (SSSR count). The van der Waals surface area contributed by atoms with E-state index in [2.05, 4.69) is 26.2 Å². The number of hydrogen-bond acceptors (Lipinski definition) is 8. The van der Waals surface area contributed by atoms with Crippen LogP contribution in [0.3, 0.4) is 0 Å². The van der Waals surface area contributed by atoms with Crippen LogP contribution in [0.1, 0.15) is 28.4 Å². The van der Waals surface area contributed by atoms with Gasteiger partial charge in [-0.3, -0.25) is 14.3 Å². The summed E-state index contributed by atoms with van der Waals surface area (Å²) in [5.74, 6) is 0.984. The van der Waals surface area contributed by atoms with Gasteiger partial charge in [0.25, 0.3) is 5.91 Å². The number of carbonyl (C=O) groups excluding carboxylic acids is 1. The Kier molecular flexibility index (Phi) is 8.31. The molecule has 9 nitrogen and oxygen atoms in total. The van der Waals surface area contributed by atoms with Crippen molar-refractivity contribution in [2.45, 2.75) is 23.9 Å². The molecule has 0 saturated carbocycles. The van der Waals surface area contributed by atoms with Gasteiger partial charge in [-0.05, 0) is 35.9 Å². The SMILES string of the molecule is N#CCCN(Cc1cccnc1)C(=O)c1coc(CSc2nnc(-c3ccccc3Cl)n2-c2ccccc2)n1. The number of carbonyl (C=O) groups is 1. The molecule has 11 heteroatoms. The van der Waals surface area contributed by atoms with Crippen LogP contribution in [-0.2, 0) is 12.3 Å². The second-order valence-corrected chi connectivity index (χ2v) is 9.72. The summed E-state index contributed by atoms with van der Waals surface area (Å²) in [6, 6.07) is 23.0. The minimum Gasteiger partial charge on any atom is -0.447 e. The molecule has 0 unspecified atom stereocenters. The largest absolute Gasteiger partial charge is 0.447 e. The van der Waals surface area contributed by atoms with E-state index in [1.165, 1.54) is 18.0 Å². The molecule has 0 radical (unpaired) electrons. The lowest BCUT2D eigenvalue weighted by Gasteiger charge is -2.20. The van der Waals surface area contributed by atoms with Gasteiger partial charge in [-0.15, -0.1) is 10.2 Å². The molecule has 0 N–H and O–H groups in total. The summed E-state index contributed by atoms with van der Waals surface area (Å²) in [6.07, 6.45) is 4.91. The van der Waals surface area contributed by atoms with Crippen molar-refractivity contribution >= 4 is 29.3 Å². The Bertz CT molecular complexity index is 1600. The fourth-order valence-corrected chi connectivity index (χ4v) is 4.93. The lowest BCUT2D eigenvalue weighted by Crippen LogP contribution is -2.31.